The zero-order chi connectivity index (χ0) is 16.2. The fraction of sp³-hybridized carbons (Fsp3) is 0.294. The summed E-state index contributed by atoms with van der Waals surface area (Å²) in [6.45, 7) is 2.55. The largest absolute Gasteiger partial charge is 0.380 e. The summed E-state index contributed by atoms with van der Waals surface area (Å²) < 4.78 is 7.22. The van der Waals surface area contributed by atoms with Gasteiger partial charge in [0.05, 0.1) is 12.2 Å². The molecule has 5 nitrogen and oxygen atoms in total. The van der Waals surface area contributed by atoms with Gasteiger partial charge in [0, 0.05) is 24.9 Å². The summed E-state index contributed by atoms with van der Waals surface area (Å²) in [6, 6.07) is 9.53. The monoisotopic (exact) mass is 329 g/mol. The van der Waals surface area contributed by atoms with E-state index in [1.54, 1.807) is 24.6 Å². The number of aliphatic hydroxyl groups is 1. The molecule has 0 aliphatic carbocycles. The zero-order valence-electron chi connectivity index (χ0n) is 13.1. The van der Waals surface area contributed by atoms with Crippen LogP contribution in [0.25, 0.3) is 0 Å². The van der Waals surface area contributed by atoms with E-state index in [1.807, 2.05) is 53.4 Å². The molecule has 0 fully saturated rings. The van der Waals surface area contributed by atoms with Gasteiger partial charge in [-0.2, -0.15) is 0 Å². The molecule has 0 saturated heterocycles. The van der Waals surface area contributed by atoms with Crippen LogP contribution in [0.1, 0.15) is 41.2 Å². The second-order valence-corrected chi connectivity index (χ2v) is 6.17. The van der Waals surface area contributed by atoms with Gasteiger partial charge in [-0.1, -0.05) is 30.3 Å². The second-order valence-electron chi connectivity index (χ2n) is 5.28. The van der Waals surface area contributed by atoms with Crippen LogP contribution in [0.15, 0.2) is 48.1 Å². The van der Waals surface area contributed by atoms with Crippen molar-refractivity contribution in [1.29, 1.82) is 0 Å². The number of imidazole rings is 1. The fourth-order valence-electron chi connectivity index (χ4n) is 2.34. The Bertz CT molecular complexity index is 754. The number of nitrogens with zero attached hydrogens (tertiary/aromatic N) is 3. The third-order valence-electron chi connectivity index (χ3n) is 3.71. The van der Waals surface area contributed by atoms with Crippen LogP contribution in [0.5, 0.6) is 0 Å². The first-order valence-corrected chi connectivity index (χ1v) is 8.28. The summed E-state index contributed by atoms with van der Waals surface area (Å²) in [5.41, 5.74) is 1.76. The van der Waals surface area contributed by atoms with E-state index in [4.69, 9.17) is 4.74 Å². The highest BCUT2D eigenvalue weighted by molar-refractivity contribution is 7.09. The van der Waals surface area contributed by atoms with Gasteiger partial charge in [-0.25, -0.2) is 9.97 Å². The Morgan fingerprint density at radius 1 is 1.30 bits per heavy atom. The van der Waals surface area contributed by atoms with Crippen molar-refractivity contribution in [1.82, 2.24) is 14.5 Å². The van der Waals surface area contributed by atoms with Crippen molar-refractivity contribution in [3.05, 3.63) is 70.2 Å². The summed E-state index contributed by atoms with van der Waals surface area (Å²) in [5.74, 6) is 0.616. The first kappa shape index (κ1) is 15.9. The van der Waals surface area contributed by atoms with E-state index >= 15 is 0 Å². The fourth-order valence-corrected chi connectivity index (χ4v) is 3.19. The van der Waals surface area contributed by atoms with Crippen molar-refractivity contribution < 1.29 is 9.84 Å². The number of hydrogen-bond donors (Lipinski definition) is 1. The lowest BCUT2D eigenvalue weighted by Crippen LogP contribution is -2.11. The van der Waals surface area contributed by atoms with Gasteiger partial charge in [0.2, 0.25) is 0 Å². The molecule has 2 atom stereocenters. The Labute approximate surface area is 139 Å². The average Bonchev–Trinajstić information content (AvgIpc) is 3.24. The quantitative estimate of drug-likeness (QED) is 0.754. The molecule has 3 rings (SSSR count). The standard InChI is InChI=1S/C17H19N3O2S/c1-12(22-2)17-19-14(11-23-17)10-20-9-8-18-16(20)15(21)13-6-4-3-5-7-13/h3-9,11-12,15,21H,10H2,1-2H3. The van der Waals surface area contributed by atoms with Crippen LogP contribution in [0, 0.1) is 0 Å². The van der Waals surface area contributed by atoms with E-state index < -0.39 is 6.10 Å². The molecule has 2 heterocycles. The maximum absolute atomic E-state index is 10.5. The molecule has 6 heteroatoms. The van der Waals surface area contributed by atoms with Crippen LogP contribution >= 0.6 is 11.3 Å². The van der Waals surface area contributed by atoms with E-state index in [-0.39, 0.29) is 6.10 Å². The number of hydrogen-bond acceptors (Lipinski definition) is 5. The van der Waals surface area contributed by atoms with E-state index in [1.165, 1.54) is 0 Å². The van der Waals surface area contributed by atoms with Crippen molar-refractivity contribution >= 4 is 11.3 Å². The lowest BCUT2D eigenvalue weighted by atomic mass is 10.1. The molecule has 0 amide bonds. The number of aliphatic hydroxyl groups excluding tert-OH is 1. The van der Waals surface area contributed by atoms with E-state index in [9.17, 15) is 5.11 Å². The molecule has 23 heavy (non-hydrogen) atoms. The molecule has 0 spiro atoms. The number of methoxy groups -OCH3 is 1. The molecule has 2 unspecified atom stereocenters. The maximum Gasteiger partial charge on any atom is 0.142 e. The lowest BCUT2D eigenvalue weighted by Gasteiger charge is -2.13. The maximum atomic E-state index is 10.5. The molecule has 120 valence electrons. The Kier molecular flexibility index (Phi) is 4.85. The van der Waals surface area contributed by atoms with Crippen LogP contribution in [0.4, 0.5) is 0 Å². The summed E-state index contributed by atoms with van der Waals surface area (Å²) >= 11 is 1.58. The minimum Gasteiger partial charge on any atom is -0.380 e. The zero-order valence-corrected chi connectivity index (χ0v) is 13.9. The molecular formula is C17H19N3O2S. The molecule has 1 aromatic carbocycles. The van der Waals surface area contributed by atoms with Gasteiger partial charge in [0.15, 0.2) is 0 Å². The topological polar surface area (TPSA) is 60.2 Å². The van der Waals surface area contributed by atoms with Gasteiger partial charge in [-0.3, -0.25) is 0 Å². The summed E-state index contributed by atoms with van der Waals surface area (Å²) in [6.07, 6.45) is 2.81. The SMILES string of the molecule is COC(C)c1nc(Cn2ccnc2C(O)c2ccccc2)cs1. The highest BCUT2D eigenvalue weighted by Crippen LogP contribution is 2.23. The molecule has 0 aliphatic heterocycles. The van der Waals surface area contributed by atoms with Gasteiger partial charge in [0.1, 0.15) is 23.0 Å². The molecule has 0 saturated carbocycles. The van der Waals surface area contributed by atoms with Gasteiger partial charge >= 0.3 is 0 Å². The number of rotatable bonds is 6. The van der Waals surface area contributed by atoms with Gasteiger partial charge in [0.25, 0.3) is 0 Å². The number of ether oxygens (including phenoxy) is 1. The van der Waals surface area contributed by atoms with Crippen LogP contribution < -0.4 is 0 Å². The molecular weight excluding hydrogens is 310 g/mol. The number of benzene rings is 1. The summed E-state index contributed by atoms with van der Waals surface area (Å²) in [7, 11) is 1.68. The van der Waals surface area contributed by atoms with E-state index in [0.717, 1.165) is 16.3 Å². The second kappa shape index (κ2) is 7.04. The van der Waals surface area contributed by atoms with Crippen molar-refractivity contribution in [2.75, 3.05) is 7.11 Å². The molecule has 0 radical (unpaired) electrons. The Hall–Kier alpha value is -2.02. The highest BCUT2D eigenvalue weighted by atomic mass is 32.1. The lowest BCUT2D eigenvalue weighted by molar-refractivity contribution is 0.119. The van der Waals surface area contributed by atoms with Crippen LogP contribution in [0.3, 0.4) is 0 Å². The summed E-state index contributed by atoms with van der Waals surface area (Å²) in [4.78, 5) is 8.90. The molecule has 0 bridgehead atoms. The first-order chi connectivity index (χ1) is 11.2. The number of thiazole rings is 1. The minimum absolute atomic E-state index is 0.00841. The van der Waals surface area contributed by atoms with E-state index in [2.05, 4.69) is 9.97 Å². The smallest absolute Gasteiger partial charge is 0.142 e. The highest BCUT2D eigenvalue weighted by Gasteiger charge is 2.17. The molecule has 1 N–H and O–H groups in total. The minimum atomic E-state index is -0.748. The molecule has 3 aromatic rings. The predicted molar refractivity (Wildman–Crippen MR) is 89.4 cm³/mol. The summed E-state index contributed by atoms with van der Waals surface area (Å²) in [5, 5.41) is 13.5. The van der Waals surface area contributed by atoms with Gasteiger partial charge in [-0.15, -0.1) is 11.3 Å². The first-order valence-electron chi connectivity index (χ1n) is 7.40. The molecule has 2 aromatic heterocycles. The normalized spacial score (nSPS) is 13.9. The van der Waals surface area contributed by atoms with Crippen molar-refractivity contribution in [3.8, 4) is 0 Å². The third kappa shape index (κ3) is 3.50. The van der Waals surface area contributed by atoms with Crippen molar-refractivity contribution in [3.63, 3.8) is 0 Å². The van der Waals surface area contributed by atoms with Crippen LogP contribution in [0.2, 0.25) is 0 Å². The number of aromatic nitrogens is 3. The average molecular weight is 329 g/mol. The Morgan fingerprint density at radius 3 is 2.83 bits per heavy atom. The third-order valence-corrected chi connectivity index (χ3v) is 4.77. The van der Waals surface area contributed by atoms with Crippen molar-refractivity contribution in [2.24, 2.45) is 0 Å². The van der Waals surface area contributed by atoms with Crippen molar-refractivity contribution in [2.45, 2.75) is 25.7 Å². The Morgan fingerprint density at radius 2 is 2.09 bits per heavy atom. The van der Waals surface area contributed by atoms with Crippen LogP contribution in [-0.2, 0) is 11.3 Å². The predicted octanol–water partition coefficient (Wildman–Crippen LogP) is 3.18. The molecule has 0 aliphatic rings. The van der Waals surface area contributed by atoms with E-state index in [0.29, 0.717) is 12.4 Å². The van der Waals surface area contributed by atoms with Gasteiger partial charge < -0.3 is 14.4 Å². The van der Waals surface area contributed by atoms with Crippen LogP contribution in [-0.4, -0.2) is 26.8 Å². The van der Waals surface area contributed by atoms with Gasteiger partial charge in [-0.05, 0) is 12.5 Å². The Balaban J connectivity index is 1.80.